The monoisotopic (exact) mass is 548 g/mol. The number of hydrogen-bond acceptors (Lipinski definition) is 6. The molecule has 0 saturated carbocycles. The van der Waals surface area contributed by atoms with Crippen molar-refractivity contribution in [3.63, 3.8) is 0 Å². The lowest BCUT2D eigenvalue weighted by Crippen LogP contribution is -2.27. The first kappa shape index (κ1) is 26.4. The van der Waals surface area contributed by atoms with Crippen LogP contribution in [0.15, 0.2) is 70.0 Å². The minimum atomic E-state index is -4.02. The molecule has 10 heteroatoms. The van der Waals surface area contributed by atoms with Crippen LogP contribution in [0.1, 0.15) is 35.6 Å². The Labute approximate surface area is 220 Å². The maximum absolute atomic E-state index is 10.5. The van der Waals surface area contributed by atoms with Gasteiger partial charge in [0.05, 0.1) is 9.92 Å². The molecule has 1 aliphatic heterocycles. The standard InChI is InChI=1S/C19H18Cl2N2O2.C7H8O3S/c20-15-5-4-13(19-14(15)10-17(21)25-19)11-24-18-3-1-2-16(23-18)12-6-8-22-9-7-12;1-6-2-4-7(5-3-6)11(8,9)10/h1-5,10,12,22H,6-9,11H2;2-5H,1H3,(H,8,9,10). The van der Waals surface area contributed by atoms with Crippen LogP contribution in [0.5, 0.6) is 5.88 Å². The van der Waals surface area contributed by atoms with E-state index in [1.54, 1.807) is 18.2 Å². The second-order valence-corrected chi connectivity index (χ2v) is 10.7. The van der Waals surface area contributed by atoms with E-state index in [-0.39, 0.29) is 4.90 Å². The molecular weight excluding hydrogens is 523 g/mol. The van der Waals surface area contributed by atoms with Crippen LogP contribution in [0, 0.1) is 6.92 Å². The van der Waals surface area contributed by atoms with Crippen molar-refractivity contribution in [3.05, 3.63) is 87.7 Å². The molecule has 190 valence electrons. The number of fused-ring (bicyclic) bond motifs is 1. The predicted molar refractivity (Wildman–Crippen MR) is 141 cm³/mol. The summed E-state index contributed by atoms with van der Waals surface area (Å²) in [4.78, 5) is 4.62. The molecule has 7 nitrogen and oxygen atoms in total. The molecule has 0 amide bonds. The number of hydrogen-bond donors (Lipinski definition) is 2. The van der Waals surface area contributed by atoms with Crippen molar-refractivity contribution in [1.29, 1.82) is 0 Å². The number of benzene rings is 2. The van der Waals surface area contributed by atoms with Crippen molar-refractivity contribution in [2.45, 2.75) is 37.2 Å². The molecule has 1 aliphatic rings. The summed E-state index contributed by atoms with van der Waals surface area (Å²) in [5, 5.41) is 5.10. The molecule has 0 atom stereocenters. The third-order valence-electron chi connectivity index (χ3n) is 5.88. The second-order valence-electron chi connectivity index (χ2n) is 8.50. The first-order chi connectivity index (χ1) is 17.2. The topological polar surface area (TPSA) is 102 Å². The molecule has 0 unspecified atom stereocenters. The number of furan rings is 1. The molecule has 0 aliphatic carbocycles. The van der Waals surface area contributed by atoms with Crippen molar-refractivity contribution in [1.82, 2.24) is 10.3 Å². The maximum Gasteiger partial charge on any atom is 0.294 e. The van der Waals surface area contributed by atoms with Gasteiger partial charge in [0.15, 0.2) is 5.22 Å². The van der Waals surface area contributed by atoms with E-state index in [0.29, 0.717) is 34.2 Å². The highest BCUT2D eigenvalue weighted by atomic mass is 35.5. The summed E-state index contributed by atoms with van der Waals surface area (Å²) in [6, 6.07) is 17.4. The summed E-state index contributed by atoms with van der Waals surface area (Å²) in [5.41, 5.74) is 3.60. The second kappa shape index (κ2) is 11.6. The molecule has 0 spiro atoms. The molecule has 4 aromatic rings. The number of ether oxygens (including phenoxy) is 1. The van der Waals surface area contributed by atoms with E-state index < -0.39 is 10.1 Å². The van der Waals surface area contributed by atoms with Gasteiger partial charge in [0.25, 0.3) is 10.1 Å². The molecule has 2 aromatic carbocycles. The van der Waals surface area contributed by atoms with E-state index in [0.717, 1.165) is 48.1 Å². The summed E-state index contributed by atoms with van der Waals surface area (Å²) >= 11 is 12.2. The summed E-state index contributed by atoms with van der Waals surface area (Å²) < 4.78 is 41.0. The Morgan fingerprint density at radius 1 is 1.08 bits per heavy atom. The first-order valence-electron chi connectivity index (χ1n) is 11.4. The van der Waals surface area contributed by atoms with Gasteiger partial charge >= 0.3 is 0 Å². The van der Waals surface area contributed by atoms with Gasteiger partial charge in [0.1, 0.15) is 12.2 Å². The van der Waals surface area contributed by atoms with E-state index in [2.05, 4.69) is 16.4 Å². The van der Waals surface area contributed by atoms with Crippen molar-refractivity contribution < 1.29 is 22.1 Å². The fraction of sp³-hybridized carbons (Fsp3) is 0.269. The van der Waals surface area contributed by atoms with E-state index in [1.165, 1.54) is 12.1 Å². The van der Waals surface area contributed by atoms with Crippen LogP contribution in [0.2, 0.25) is 10.2 Å². The molecule has 36 heavy (non-hydrogen) atoms. The Balaban J connectivity index is 0.000000233. The maximum atomic E-state index is 10.5. The van der Waals surface area contributed by atoms with Gasteiger partial charge in [-0.2, -0.15) is 8.42 Å². The Hall–Kier alpha value is -2.62. The van der Waals surface area contributed by atoms with E-state index in [9.17, 15) is 8.42 Å². The molecule has 0 radical (unpaired) electrons. The van der Waals surface area contributed by atoms with Gasteiger partial charge in [-0.3, -0.25) is 4.55 Å². The highest BCUT2D eigenvalue weighted by Crippen LogP contribution is 2.32. The molecular formula is C26H26Cl2N2O5S. The number of halogens is 2. The average molecular weight is 549 g/mol. The fourth-order valence-corrected chi connectivity index (χ4v) is 4.82. The molecule has 3 heterocycles. The van der Waals surface area contributed by atoms with E-state index in [4.69, 9.17) is 36.9 Å². The van der Waals surface area contributed by atoms with Crippen LogP contribution in [-0.2, 0) is 16.7 Å². The smallest absolute Gasteiger partial charge is 0.294 e. The third-order valence-corrected chi connectivity index (χ3v) is 7.26. The van der Waals surface area contributed by atoms with Crippen molar-refractivity contribution in [2.75, 3.05) is 13.1 Å². The Morgan fingerprint density at radius 3 is 2.50 bits per heavy atom. The Bertz CT molecular complexity index is 1430. The Morgan fingerprint density at radius 2 is 1.81 bits per heavy atom. The zero-order valence-electron chi connectivity index (χ0n) is 19.6. The van der Waals surface area contributed by atoms with Crippen LogP contribution in [-0.4, -0.2) is 31.0 Å². The number of nitrogens with zero attached hydrogens (tertiary/aromatic N) is 1. The van der Waals surface area contributed by atoms with Crippen molar-refractivity contribution >= 4 is 44.3 Å². The minimum absolute atomic E-state index is 0.0666. The number of aryl methyl sites for hydroxylation is 1. The van der Waals surface area contributed by atoms with Gasteiger partial charge in [-0.1, -0.05) is 41.4 Å². The number of nitrogens with one attached hydrogen (secondary N) is 1. The van der Waals surface area contributed by atoms with Gasteiger partial charge in [-0.25, -0.2) is 4.98 Å². The van der Waals surface area contributed by atoms with Crippen molar-refractivity contribution in [3.8, 4) is 5.88 Å². The van der Waals surface area contributed by atoms with Crippen LogP contribution in [0.3, 0.4) is 0 Å². The highest BCUT2D eigenvalue weighted by molar-refractivity contribution is 7.85. The molecule has 5 rings (SSSR count). The summed E-state index contributed by atoms with van der Waals surface area (Å²) in [6.07, 6.45) is 2.22. The number of aromatic nitrogens is 1. The number of pyridine rings is 1. The van der Waals surface area contributed by atoms with Gasteiger partial charge in [-0.05, 0) is 68.7 Å². The average Bonchev–Trinajstić information content (AvgIpc) is 3.27. The van der Waals surface area contributed by atoms with Crippen LogP contribution in [0.4, 0.5) is 0 Å². The van der Waals surface area contributed by atoms with E-state index >= 15 is 0 Å². The first-order valence-corrected chi connectivity index (χ1v) is 13.6. The predicted octanol–water partition coefficient (Wildman–Crippen LogP) is 6.42. The SMILES string of the molecule is Cc1ccc(S(=O)(=O)O)cc1.Clc1cc2c(Cl)ccc(COc3cccc(C4CCNCC4)n3)c2o1. The zero-order valence-corrected chi connectivity index (χ0v) is 21.9. The highest BCUT2D eigenvalue weighted by Gasteiger charge is 2.17. The zero-order chi connectivity index (χ0) is 25.7. The normalized spacial score (nSPS) is 14.3. The molecule has 2 N–H and O–H groups in total. The van der Waals surface area contributed by atoms with E-state index in [1.807, 2.05) is 31.2 Å². The fourth-order valence-electron chi connectivity index (χ4n) is 3.95. The molecule has 1 fully saturated rings. The van der Waals surface area contributed by atoms with Crippen molar-refractivity contribution in [2.24, 2.45) is 0 Å². The van der Waals surface area contributed by atoms with Crippen LogP contribution >= 0.6 is 23.2 Å². The quantitative estimate of drug-likeness (QED) is 0.277. The lowest BCUT2D eigenvalue weighted by Gasteiger charge is -2.22. The summed E-state index contributed by atoms with van der Waals surface area (Å²) in [5.74, 6) is 1.12. The van der Waals surface area contributed by atoms with Crippen LogP contribution in [0.25, 0.3) is 11.0 Å². The largest absolute Gasteiger partial charge is 0.473 e. The molecule has 2 aromatic heterocycles. The number of piperidine rings is 1. The van der Waals surface area contributed by atoms with Crippen LogP contribution < -0.4 is 10.1 Å². The van der Waals surface area contributed by atoms with Gasteiger partial charge in [0.2, 0.25) is 5.88 Å². The van der Waals surface area contributed by atoms with Gasteiger partial charge < -0.3 is 14.5 Å². The van der Waals surface area contributed by atoms with Gasteiger partial charge in [0, 0.05) is 34.7 Å². The molecule has 0 bridgehead atoms. The molecule has 1 saturated heterocycles. The summed E-state index contributed by atoms with van der Waals surface area (Å²) in [7, 11) is -4.02. The summed E-state index contributed by atoms with van der Waals surface area (Å²) in [6.45, 7) is 4.27. The third kappa shape index (κ3) is 6.78. The Kier molecular flexibility index (Phi) is 8.54. The lowest BCUT2D eigenvalue weighted by molar-refractivity contribution is 0.291. The number of rotatable bonds is 5. The lowest BCUT2D eigenvalue weighted by atomic mass is 9.94. The minimum Gasteiger partial charge on any atom is -0.473 e. The van der Waals surface area contributed by atoms with Gasteiger partial charge in [-0.15, -0.1) is 0 Å².